The molecule has 2 nitrogen and oxygen atoms in total. The average Bonchev–Trinajstić information content (AvgIpc) is 2.49. The summed E-state index contributed by atoms with van der Waals surface area (Å²) in [6.07, 6.45) is 14.6. The van der Waals surface area contributed by atoms with Crippen molar-refractivity contribution in [3.05, 3.63) is 35.4 Å². The number of carboxylic acids is 1. The molecular formula is C19H30CuO2+2. The van der Waals surface area contributed by atoms with Crippen molar-refractivity contribution >= 4 is 5.97 Å². The predicted molar refractivity (Wildman–Crippen MR) is 88.9 cm³/mol. The number of aryl methyl sites for hydroxylation is 1. The molecule has 1 radical (unpaired) electrons. The molecule has 0 aliphatic rings. The van der Waals surface area contributed by atoms with E-state index in [4.69, 9.17) is 5.11 Å². The van der Waals surface area contributed by atoms with Gasteiger partial charge < -0.3 is 5.11 Å². The number of unbranched alkanes of at least 4 members (excludes halogenated alkanes) is 9. The minimum Gasteiger partial charge on any atom is -0.478 e. The van der Waals surface area contributed by atoms with Crippen LogP contribution in [0.25, 0.3) is 0 Å². The number of hydrogen-bond acceptors (Lipinski definition) is 1. The Labute approximate surface area is 146 Å². The molecule has 0 saturated carbocycles. The third kappa shape index (κ3) is 10.0. The standard InChI is InChI=1S/C19H30O2.Cu/c1-2-3-4-5-6-7-8-9-10-11-12-17-13-15-18(16-14-17)19(20)21;/h13-16H,2-12H2,1H3,(H,20,21);/q;+2. The number of hydrogen-bond donors (Lipinski definition) is 1. The summed E-state index contributed by atoms with van der Waals surface area (Å²) in [5, 5.41) is 8.84. The van der Waals surface area contributed by atoms with Gasteiger partial charge in [0.25, 0.3) is 0 Å². The van der Waals surface area contributed by atoms with Crippen molar-refractivity contribution in [3.8, 4) is 0 Å². The van der Waals surface area contributed by atoms with E-state index in [1.807, 2.05) is 12.1 Å². The maximum absolute atomic E-state index is 10.8. The second-order valence-corrected chi connectivity index (χ2v) is 5.93. The molecule has 1 rings (SSSR count). The van der Waals surface area contributed by atoms with Crippen molar-refractivity contribution < 1.29 is 27.0 Å². The monoisotopic (exact) mass is 353 g/mol. The predicted octanol–water partition coefficient (Wildman–Crippen LogP) is 5.85. The third-order valence-electron chi connectivity index (χ3n) is 4.02. The Morgan fingerprint density at radius 2 is 1.27 bits per heavy atom. The summed E-state index contributed by atoms with van der Waals surface area (Å²) in [5.74, 6) is -0.847. The van der Waals surface area contributed by atoms with E-state index >= 15 is 0 Å². The topological polar surface area (TPSA) is 37.3 Å². The van der Waals surface area contributed by atoms with Gasteiger partial charge in [-0.3, -0.25) is 0 Å². The minimum absolute atomic E-state index is 0. The fraction of sp³-hybridized carbons (Fsp3) is 0.632. The molecule has 1 N–H and O–H groups in total. The van der Waals surface area contributed by atoms with Crippen molar-refractivity contribution in [3.63, 3.8) is 0 Å². The maximum atomic E-state index is 10.8. The normalized spacial score (nSPS) is 10.2. The number of carbonyl (C=O) groups is 1. The maximum Gasteiger partial charge on any atom is 2.00 e. The van der Waals surface area contributed by atoms with E-state index in [2.05, 4.69) is 6.92 Å². The molecule has 0 atom stereocenters. The Kier molecular flexibility index (Phi) is 13.3. The molecule has 1 aromatic carbocycles. The summed E-state index contributed by atoms with van der Waals surface area (Å²) in [4.78, 5) is 10.8. The minimum atomic E-state index is -0.847. The molecule has 0 saturated heterocycles. The molecule has 0 heterocycles. The molecule has 1 aromatic rings. The molecule has 0 spiro atoms. The van der Waals surface area contributed by atoms with Gasteiger partial charge in [-0.15, -0.1) is 0 Å². The van der Waals surface area contributed by atoms with Crippen LogP contribution >= 0.6 is 0 Å². The van der Waals surface area contributed by atoms with Crippen molar-refractivity contribution in [2.75, 3.05) is 0 Å². The van der Waals surface area contributed by atoms with Crippen molar-refractivity contribution in [2.45, 2.75) is 77.6 Å². The first-order valence-electron chi connectivity index (χ1n) is 8.56. The van der Waals surface area contributed by atoms with E-state index in [9.17, 15) is 4.79 Å². The van der Waals surface area contributed by atoms with Crippen molar-refractivity contribution in [2.24, 2.45) is 0 Å². The second-order valence-electron chi connectivity index (χ2n) is 5.93. The van der Waals surface area contributed by atoms with Crippen LogP contribution < -0.4 is 0 Å². The van der Waals surface area contributed by atoms with Crippen LogP contribution in [-0.2, 0) is 23.5 Å². The third-order valence-corrected chi connectivity index (χ3v) is 4.02. The van der Waals surface area contributed by atoms with Crippen LogP contribution in [0.5, 0.6) is 0 Å². The first-order valence-corrected chi connectivity index (χ1v) is 8.56. The van der Waals surface area contributed by atoms with Gasteiger partial charge in [-0.25, -0.2) is 4.79 Å². The number of benzene rings is 1. The average molecular weight is 354 g/mol. The zero-order valence-electron chi connectivity index (χ0n) is 13.7. The van der Waals surface area contributed by atoms with E-state index < -0.39 is 5.97 Å². The summed E-state index contributed by atoms with van der Waals surface area (Å²) in [7, 11) is 0. The molecule has 0 aromatic heterocycles. The molecule has 0 amide bonds. The van der Waals surface area contributed by atoms with Crippen LogP contribution in [0.15, 0.2) is 24.3 Å². The largest absolute Gasteiger partial charge is 2.00 e. The zero-order valence-corrected chi connectivity index (χ0v) is 14.7. The molecular weight excluding hydrogens is 324 g/mol. The zero-order chi connectivity index (χ0) is 15.3. The van der Waals surface area contributed by atoms with E-state index in [0.717, 1.165) is 6.42 Å². The molecule has 22 heavy (non-hydrogen) atoms. The van der Waals surface area contributed by atoms with Gasteiger partial charge >= 0.3 is 23.0 Å². The van der Waals surface area contributed by atoms with Gasteiger partial charge in [0.2, 0.25) is 0 Å². The van der Waals surface area contributed by atoms with Gasteiger partial charge in [-0.2, -0.15) is 0 Å². The molecule has 0 aliphatic carbocycles. The van der Waals surface area contributed by atoms with Gasteiger partial charge in [-0.05, 0) is 30.5 Å². The van der Waals surface area contributed by atoms with Crippen LogP contribution in [0, 0.1) is 0 Å². The smallest absolute Gasteiger partial charge is 0.478 e. The number of aromatic carboxylic acids is 1. The van der Waals surface area contributed by atoms with Gasteiger partial charge in [-0.1, -0.05) is 76.8 Å². The van der Waals surface area contributed by atoms with E-state index in [1.165, 1.54) is 69.8 Å². The summed E-state index contributed by atoms with van der Waals surface area (Å²) < 4.78 is 0. The Morgan fingerprint density at radius 3 is 1.73 bits per heavy atom. The van der Waals surface area contributed by atoms with Crippen LogP contribution in [0.3, 0.4) is 0 Å². The Morgan fingerprint density at radius 1 is 0.818 bits per heavy atom. The fourth-order valence-corrected chi connectivity index (χ4v) is 2.63. The summed E-state index contributed by atoms with van der Waals surface area (Å²) in [5.41, 5.74) is 1.63. The van der Waals surface area contributed by atoms with Crippen molar-refractivity contribution in [1.82, 2.24) is 0 Å². The summed E-state index contributed by atoms with van der Waals surface area (Å²) in [6.45, 7) is 2.26. The van der Waals surface area contributed by atoms with E-state index in [1.54, 1.807) is 12.1 Å². The van der Waals surface area contributed by atoms with Gasteiger partial charge in [0.15, 0.2) is 0 Å². The van der Waals surface area contributed by atoms with Gasteiger partial charge in [0.05, 0.1) is 5.56 Å². The first kappa shape index (κ1) is 21.2. The Bertz CT molecular complexity index is 387. The molecule has 0 bridgehead atoms. The number of rotatable bonds is 12. The Balaban J connectivity index is 0.00000441. The van der Waals surface area contributed by atoms with Crippen LogP contribution in [0.4, 0.5) is 0 Å². The van der Waals surface area contributed by atoms with Crippen molar-refractivity contribution in [1.29, 1.82) is 0 Å². The number of carboxylic acid groups (broad SMARTS) is 1. The van der Waals surface area contributed by atoms with Crippen LogP contribution in [0.2, 0.25) is 0 Å². The summed E-state index contributed by atoms with van der Waals surface area (Å²) in [6, 6.07) is 7.29. The summed E-state index contributed by atoms with van der Waals surface area (Å²) >= 11 is 0. The SMILES string of the molecule is CCCCCCCCCCCCc1ccc(C(=O)O)cc1.[Cu+2]. The fourth-order valence-electron chi connectivity index (χ4n) is 2.63. The molecule has 0 aliphatic heterocycles. The first-order chi connectivity index (χ1) is 10.2. The van der Waals surface area contributed by atoms with Gasteiger partial charge in [0.1, 0.15) is 0 Å². The quantitative estimate of drug-likeness (QED) is 0.378. The van der Waals surface area contributed by atoms with E-state index in [-0.39, 0.29) is 17.1 Å². The molecule has 0 fully saturated rings. The molecule has 0 unspecified atom stereocenters. The molecule has 3 heteroatoms. The van der Waals surface area contributed by atoms with Crippen LogP contribution in [0.1, 0.15) is 87.1 Å². The Hall–Kier alpha value is -0.791. The van der Waals surface area contributed by atoms with Gasteiger partial charge in [0, 0.05) is 0 Å². The second kappa shape index (κ2) is 13.8. The molecule has 127 valence electrons. The van der Waals surface area contributed by atoms with E-state index in [0.29, 0.717) is 5.56 Å². The van der Waals surface area contributed by atoms with Crippen LogP contribution in [-0.4, -0.2) is 11.1 Å².